The molecule has 0 bridgehead atoms. The van der Waals surface area contributed by atoms with Gasteiger partial charge in [0.05, 0.1) is 0 Å². The standard InChI is InChI=1S/C9HF19/c10-1(2(4(11,12)13,5(14,15)16)6(17,18)19)3(7(20,21)22,8(23,24)25)9(26,27)28/h1H. The summed E-state index contributed by atoms with van der Waals surface area (Å²) in [6.07, 6.45) is -58.5. The van der Waals surface area contributed by atoms with Gasteiger partial charge in [0, 0.05) is 0 Å². The Morgan fingerprint density at radius 3 is 0.464 bits per heavy atom. The number of halogens is 19. The van der Waals surface area contributed by atoms with Crippen molar-refractivity contribution in [3.63, 3.8) is 0 Å². The number of alkyl halides is 19. The van der Waals surface area contributed by atoms with Crippen molar-refractivity contribution < 1.29 is 83.4 Å². The Morgan fingerprint density at radius 1 is 0.286 bits per heavy atom. The van der Waals surface area contributed by atoms with Gasteiger partial charge in [-0.15, -0.1) is 0 Å². The monoisotopic (exact) mass is 470 g/mol. The van der Waals surface area contributed by atoms with E-state index in [9.17, 15) is 83.4 Å². The summed E-state index contributed by atoms with van der Waals surface area (Å²) in [7, 11) is 0. The van der Waals surface area contributed by atoms with Crippen molar-refractivity contribution in [3.8, 4) is 0 Å². The first kappa shape index (κ1) is 26.7. The predicted molar refractivity (Wildman–Crippen MR) is 46.1 cm³/mol. The zero-order valence-electron chi connectivity index (χ0n) is 11.8. The lowest BCUT2D eigenvalue weighted by molar-refractivity contribution is -0.502. The lowest BCUT2D eigenvalue weighted by Crippen LogP contribution is -2.76. The summed E-state index contributed by atoms with van der Waals surface area (Å²) in [5, 5.41) is 0. The molecule has 0 aliphatic heterocycles. The Hall–Kier alpha value is -1.33. The van der Waals surface area contributed by atoms with Crippen LogP contribution in [-0.4, -0.2) is 43.2 Å². The molecule has 0 heterocycles. The maximum atomic E-state index is 13.7. The van der Waals surface area contributed by atoms with E-state index in [4.69, 9.17) is 0 Å². The molecule has 0 amide bonds. The van der Waals surface area contributed by atoms with Gasteiger partial charge in [0.1, 0.15) is 0 Å². The molecule has 0 aliphatic rings. The molecule has 0 aromatic heterocycles. The molecule has 170 valence electrons. The van der Waals surface area contributed by atoms with Gasteiger partial charge >= 0.3 is 37.1 Å². The highest BCUT2D eigenvalue weighted by molar-refractivity contribution is 5.16. The molecule has 28 heavy (non-hydrogen) atoms. The van der Waals surface area contributed by atoms with Gasteiger partial charge in [-0.05, 0) is 0 Å². The molecule has 0 nitrogen and oxygen atoms in total. The van der Waals surface area contributed by atoms with Crippen LogP contribution in [0, 0.1) is 10.8 Å². The highest BCUT2D eigenvalue weighted by Crippen LogP contribution is 2.72. The van der Waals surface area contributed by atoms with Crippen LogP contribution in [0.25, 0.3) is 0 Å². The molecule has 0 N–H and O–H groups in total. The first-order valence-electron chi connectivity index (χ1n) is 5.70. The van der Waals surface area contributed by atoms with Crippen LogP contribution in [0.1, 0.15) is 0 Å². The lowest BCUT2D eigenvalue weighted by atomic mass is 9.65. The zero-order valence-corrected chi connectivity index (χ0v) is 11.8. The highest BCUT2D eigenvalue weighted by Gasteiger charge is 2.98. The fourth-order valence-electron chi connectivity index (χ4n) is 2.15. The molecule has 0 saturated heterocycles. The van der Waals surface area contributed by atoms with Gasteiger partial charge in [-0.1, -0.05) is 0 Å². The fraction of sp³-hybridized carbons (Fsp3) is 1.00. The van der Waals surface area contributed by atoms with E-state index in [-0.39, 0.29) is 0 Å². The molecule has 0 aliphatic carbocycles. The molecule has 0 saturated carbocycles. The number of hydrogen-bond acceptors (Lipinski definition) is 0. The summed E-state index contributed by atoms with van der Waals surface area (Å²) in [4.78, 5) is 0. The summed E-state index contributed by atoms with van der Waals surface area (Å²) in [6.45, 7) is 0. The second-order valence-electron chi connectivity index (χ2n) is 4.97. The van der Waals surface area contributed by atoms with E-state index in [1.54, 1.807) is 0 Å². The minimum absolute atomic E-state index is 7.74. The van der Waals surface area contributed by atoms with Gasteiger partial charge < -0.3 is 0 Å². The van der Waals surface area contributed by atoms with Crippen molar-refractivity contribution in [2.24, 2.45) is 10.8 Å². The summed E-state index contributed by atoms with van der Waals surface area (Å²) >= 11 is 0. The molecule has 0 atom stereocenters. The largest absolute Gasteiger partial charge is 0.415 e. The van der Waals surface area contributed by atoms with Gasteiger partial charge in [0.2, 0.25) is 0 Å². The molecule has 0 rings (SSSR count). The Kier molecular flexibility index (Phi) is 6.03. The van der Waals surface area contributed by atoms with E-state index in [1.165, 1.54) is 0 Å². The fourth-order valence-corrected chi connectivity index (χ4v) is 2.15. The molecule has 0 aromatic carbocycles. The van der Waals surface area contributed by atoms with E-state index in [1.807, 2.05) is 0 Å². The second kappa shape index (κ2) is 6.33. The summed E-state index contributed by atoms with van der Waals surface area (Å²) < 4.78 is 239. The van der Waals surface area contributed by atoms with Gasteiger partial charge in [0.15, 0.2) is 6.17 Å². The van der Waals surface area contributed by atoms with Crippen LogP contribution < -0.4 is 0 Å². The maximum absolute atomic E-state index is 13.7. The molecular formula is C9HF19. The third kappa shape index (κ3) is 3.30. The van der Waals surface area contributed by atoms with Gasteiger partial charge in [-0.2, -0.15) is 79.0 Å². The molecule has 0 radical (unpaired) electrons. The molecular weight excluding hydrogens is 469 g/mol. The van der Waals surface area contributed by atoms with E-state index < -0.39 is 54.1 Å². The Labute approximate surface area is 139 Å². The normalized spacial score (nSPS) is 16.7. The van der Waals surface area contributed by atoms with Crippen LogP contribution in [0.3, 0.4) is 0 Å². The van der Waals surface area contributed by atoms with Crippen molar-refractivity contribution in [2.75, 3.05) is 0 Å². The highest BCUT2D eigenvalue weighted by atomic mass is 19.4. The van der Waals surface area contributed by atoms with E-state index in [2.05, 4.69) is 0 Å². The van der Waals surface area contributed by atoms with Crippen LogP contribution >= 0.6 is 0 Å². The maximum Gasteiger partial charge on any atom is 0.415 e. The van der Waals surface area contributed by atoms with Crippen LogP contribution in [0.5, 0.6) is 0 Å². The smallest absolute Gasteiger partial charge is 0.244 e. The molecule has 19 heteroatoms. The van der Waals surface area contributed by atoms with Crippen LogP contribution in [0.2, 0.25) is 0 Å². The third-order valence-corrected chi connectivity index (χ3v) is 3.44. The first-order valence-corrected chi connectivity index (χ1v) is 5.70. The van der Waals surface area contributed by atoms with Crippen LogP contribution in [0.4, 0.5) is 83.4 Å². The Bertz CT molecular complexity index is 421. The first-order chi connectivity index (χ1) is 11.7. The Balaban J connectivity index is 7.83. The summed E-state index contributed by atoms with van der Waals surface area (Å²) in [5.41, 5.74) is -17.4. The van der Waals surface area contributed by atoms with Crippen molar-refractivity contribution in [1.29, 1.82) is 0 Å². The molecule has 0 aromatic rings. The van der Waals surface area contributed by atoms with Crippen LogP contribution in [0.15, 0.2) is 0 Å². The molecule has 0 spiro atoms. The van der Waals surface area contributed by atoms with Gasteiger partial charge in [0.25, 0.3) is 10.8 Å². The quantitative estimate of drug-likeness (QED) is 0.396. The molecule has 0 fully saturated rings. The van der Waals surface area contributed by atoms with Crippen molar-refractivity contribution in [3.05, 3.63) is 0 Å². The van der Waals surface area contributed by atoms with Crippen molar-refractivity contribution >= 4 is 0 Å². The average molecular weight is 470 g/mol. The predicted octanol–water partition coefficient (Wildman–Crippen LogP) is 6.67. The van der Waals surface area contributed by atoms with Crippen LogP contribution in [-0.2, 0) is 0 Å². The Morgan fingerprint density at radius 2 is 0.393 bits per heavy atom. The number of hydrogen-bond donors (Lipinski definition) is 0. The number of rotatable bonds is 2. The topological polar surface area (TPSA) is 0 Å². The lowest BCUT2D eigenvalue weighted by Gasteiger charge is -2.48. The van der Waals surface area contributed by atoms with E-state index >= 15 is 0 Å². The van der Waals surface area contributed by atoms with Gasteiger partial charge in [-0.3, -0.25) is 0 Å². The van der Waals surface area contributed by atoms with E-state index in [0.29, 0.717) is 0 Å². The SMILES string of the molecule is FC(C(C(F)(F)F)(C(F)(F)F)C(F)(F)F)C(C(F)(F)F)(C(F)(F)F)C(F)(F)F. The van der Waals surface area contributed by atoms with Gasteiger partial charge in [-0.25, -0.2) is 4.39 Å². The minimum atomic E-state index is -8.70. The third-order valence-electron chi connectivity index (χ3n) is 3.44. The average Bonchev–Trinajstić information content (AvgIpc) is 2.14. The van der Waals surface area contributed by atoms with E-state index in [0.717, 1.165) is 0 Å². The second-order valence-corrected chi connectivity index (χ2v) is 4.97. The minimum Gasteiger partial charge on any atom is -0.244 e. The molecule has 0 unspecified atom stereocenters. The van der Waals surface area contributed by atoms with Crippen molar-refractivity contribution in [1.82, 2.24) is 0 Å². The zero-order chi connectivity index (χ0) is 23.6. The summed E-state index contributed by atoms with van der Waals surface area (Å²) in [5.74, 6) is 0. The van der Waals surface area contributed by atoms with Crippen molar-refractivity contribution in [2.45, 2.75) is 43.2 Å². The summed E-state index contributed by atoms with van der Waals surface area (Å²) in [6, 6.07) is 0.